The van der Waals surface area contributed by atoms with Crippen molar-refractivity contribution in [3.8, 4) is 0 Å². The Hall–Kier alpha value is -2.36. The smallest absolute Gasteiger partial charge is 0.326 e. The van der Waals surface area contributed by atoms with Gasteiger partial charge in [-0.2, -0.15) is 0 Å². The molecule has 0 aliphatic rings. The molecule has 0 spiro atoms. The summed E-state index contributed by atoms with van der Waals surface area (Å²) < 4.78 is 0. The third kappa shape index (κ3) is 2.48. The van der Waals surface area contributed by atoms with Gasteiger partial charge < -0.3 is 10.4 Å². The fourth-order valence-electron chi connectivity index (χ4n) is 1.99. The van der Waals surface area contributed by atoms with E-state index in [1.807, 2.05) is 42.5 Å². The van der Waals surface area contributed by atoms with Gasteiger partial charge in [0.1, 0.15) is 6.04 Å². The maximum Gasteiger partial charge on any atom is 0.326 e. The molecule has 1 unspecified atom stereocenters. The molecule has 0 saturated carbocycles. The van der Waals surface area contributed by atoms with Gasteiger partial charge in [0.25, 0.3) is 0 Å². The molecule has 4 heteroatoms. The van der Waals surface area contributed by atoms with E-state index in [-0.39, 0.29) is 6.42 Å². The highest BCUT2D eigenvalue weighted by Gasteiger charge is 2.17. The predicted molar refractivity (Wildman–Crippen MR) is 68.3 cm³/mol. The Balaban J connectivity index is 2.36. The van der Waals surface area contributed by atoms with Gasteiger partial charge in [-0.15, -0.1) is 0 Å². The number of aliphatic carboxylic acids is 1. The molecule has 2 aromatic rings. The maximum atomic E-state index is 11.0. The summed E-state index contributed by atoms with van der Waals surface area (Å²) in [5.74, 6) is -1.03. The van der Waals surface area contributed by atoms with Gasteiger partial charge >= 0.3 is 5.97 Å². The van der Waals surface area contributed by atoms with Crippen molar-refractivity contribution >= 4 is 23.2 Å². The first-order valence-corrected chi connectivity index (χ1v) is 5.61. The third-order valence-corrected chi connectivity index (χ3v) is 2.87. The Morgan fingerprint density at radius 3 is 2.67 bits per heavy atom. The number of carbonyl (C=O) groups excluding carboxylic acids is 1. The van der Waals surface area contributed by atoms with Crippen molar-refractivity contribution in [3.05, 3.63) is 48.0 Å². The highest BCUT2D eigenvalue weighted by atomic mass is 16.4. The fourth-order valence-corrected chi connectivity index (χ4v) is 1.99. The molecular formula is C14H13NO3. The normalized spacial score (nSPS) is 12.0. The van der Waals surface area contributed by atoms with E-state index >= 15 is 0 Å². The number of amides is 1. The Morgan fingerprint density at radius 1 is 1.22 bits per heavy atom. The van der Waals surface area contributed by atoms with Crippen LogP contribution in [0.4, 0.5) is 0 Å². The van der Waals surface area contributed by atoms with Gasteiger partial charge in [0.15, 0.2) is 0 Å². The van der Waals surface area contributed by atoms with Gasteiger partial charge in [-0.25, -0.2) is 4.79 Å². The highest BCUT2D eigenvalue weighted by molar-refractivity contribution is 5.86. The van der Waals surface area contributed by atoms with Crippen LogP contribution in [-0.4, -0.2) is 23.5 Å². The number of carboxylic acids is 1. The van der Waals surface area contributed by atoms with Crippen LogP contribution in [0.2, 0.25) is 0 Å². The lowest BCUT2D eigenvalue weighted by Crippen LogP contribution is -2.37. The number of benzene rings is 2. The second kappa shape index (κ2) is 5.31. The number of carboxylic acid groups (broad SMARTS) is 1. The Bertz CT molecular complexity index is 575. The van der Waals surface area contributed by atoms with E-state index in [4.69, 9.17) is 5.11 Å². The molecule has 0 radical (unpaired) electrons. The topological polar surface area (TPSA) is 66.4 Å². The van der Waals surface area contributed by atoms with Gasteiger partial charge in [0.05, 0.1) is 0 Å². The van der Waals surface area contributed by atoms with Gasteiger partial charge in [0.2, 0.25) is 6.41 Å². The zero-order chi connectivity index (χ0) is 13.0. The summed E-state index contributed by atoms with van der Waals surface area (Å²) in [6.07, 6.45) is 0.694. The van der Waals surface area contributed by atoms with Crippen LogP contribution in [0.3, 0.4) is 0 Å². The summed E-state index contributed by atoms with van der Waals surface area (Å²) in [5.41, 5.74) is 0.912. The van der Waals surface area contributed by atoms with E-state index in [9.17, 15) is 9.59 Å². The minimum absolute atomic E-state index is 0.273. The van der Waals surface area contributed by atoms with Crippen molar-refractivity contribution in [2.24, 2.45) is 0 Å². The zero-order valence-corrected chi connectivity index (χ0v) is 9.67. The summed E-state index contributed by atoms with van der Waals surface area (Å²) in [6, 6.07) is 12.6. The number of rotatable bonds is 5. The van der Waals surface area contributed by atoms with Crippen LogP contribution in [0, 0.1) is 0 Å². The molecule has 0 fully saturated rings. The maximum absolute atomic E-state index is 11.0. The molecular weight excluding hydrogens is 230 g/mol. The Morgan fingerprint density at radius 2 is 1.94 bits per heavy atom. The van der Waals surface area contributed by atoms with Crippen molar-refractivity contribution in [3.63, 3.8) is 0 Å². The van der Waals surface area contributed by atoms with E-state index < -0.39 is 12.0 Å². The van der Waals surface area contributed by atoms with Crippen molar-refractivity contribution in [2.45, 2.75) is 12.5 Å². The van der Waals surface area contributed by atoms with Crippen LogP contribution in [0.25, 0.3) is 10.8 Å². The minimum atomic E-state index is -1.03. The predicted octanol–water partition coefficient (Wildman–Crippen LogP) is 1.58. The molecule has 1 amide bonds. The highest BCUT2D eigenvalue weighted by Crippen LogP contribution is 2.19. The lowest BCUT2D eigenvalue weighted by molar-refractivity contribution is -0.140. The third-order valence-electron chi connectivity index (χ3n) is 2.87. The van der Waals surface area contributed by atoms with E-state index in [2.05, 4.69) is 5.32 Å². The second-order valence-corrected chi connectivity index (χ2v) is 4.02. The summed E-state index contributed by atoms with van der Waals surface area (Å²) in [4.78, 5) is 21.4. The van der Waals surface area contributed by atoms with Crippen LogP contribution >= 0.6 is 0 Å². The first-order valence-electron chi connectivity index (χ1n) is 5.61. The van der Waals surface area contributed by atoms with Crippen molar-refractivity contribution in [2.75, 3.05) is 0 Å². The number of hydrogen-bond acceptors (Lipinski definition) is 2. The quantitative estimate of drug-likeness (QED) is 0.783. The SMILES string of the molecule is O=CNC(Cc1cccc2ccccc12)C(=O)O. The summed E-state index contributed by atoms with van der Waals surface area (Å²) in [5, 5.41) is 13.4. The summed E-state index contributed by atoms with van der Waals surface area (Å²) >= 11 is 0. The van der Waals surface area contributed by atoms with Gasteiger partial charge in [-0.05, 0) is 16.3 Å². The van der Waals surface area contributed by atoms with Gasteiger partial charge in [-0.1, -0.05) is 42.5 Å². The lowest BCUT2D eigenvalue weighted by Gasteiger charge is -2.12. The van der Waals surface area contributed by atoms with E-state index in [0.717, 1.165) is 16.3 Å². The molecule has 0 aliphatic heterocycles. The van der Waals surface area contributed by atoms with E-state index in [1.54, 1.807) is 0 Å². The zero-order valence-electron chi connectivity index (χ0n) is 9.67. The first-order chi connectivity index (χ1) is 8.72. The molecule has 18 heavy (non-hydrogen) atoms. The Labute approximate surface area is 104 Å². The first kappa shape index (κ1) is 12.1. The van der Waals surface area contributed by atoms with Crippen LogP contribution in [0.1, 0.15) is 5.56 Å². The molecule has 1 atom stereocenters. The van der Waals surface area contributed by atoms with E-state index in [0.29, 0.717) is 6.41 Å². The van der Waals surface area contributed by atoms with Crippen molar-refractivity contribution < 1.29 is 14.7 Å². The Kier molecular flexibility index (Phi) is 3.57. The average molecular weight is 243 g/mol. The standard InChI is InChI=1S/C14H13NO3/c16-9-15-13(14(17)18)8-11-6-3-5-10-4-1-2-7-12(10)11/h1-7,9,13H,8H2,(H,15,16)(H,17,18). The number of carbonyl (C=O) groups is 2. The molecule has 0 aliphatic carbocycles. The lowest BCUT2D eigenvalue weighted by atomic mass is 9.99. The molecule has 2 aromatic carbocycles. The number of fused-ring (bicyclic) bond motifs is 1. The monoisotopic (exact) mass is 243 g/mol. The molecule has 92 valence electrons. The number of nitrogens with one attached hydrogen (secondary N) is 1. The molecule has 0 aromatic heterocycles. The van der Waals surface area contributed by atoms with Crippen LogP contribution < -0.4 is 5.32 Å². The van der Waals surface area contributed by atoms with Crippen LogP contribution in [0.15, 0.2) is 42.5 Å². The molecule has 0 heterocycles. The van der Waals surface area contributed by atoms with Crippen LogP contribution in [0.5, 0.6) is 0 Å². The summed E-state index contributed by atoms with van der Waals surface area (Å²) in [6.45, 7) is 0. The van der Waals surface area contributed by atoms with E-state index in [1.165, 1.54) is 0 Å². The molecule has 2 N–H and O–H groups in total. The van der Waals surface area contributed by atoms with Crippen molar-refractivity contribution in [1.29, 1.82) is 0 Å². The summed E-state index contributed by atoms with van der Waals surface area (Å²) in [7, 11) is 0. The van der Waals surface area contributed by atoms with Crippen molar-refractivity contribution in [1.82, 2.24) is 5.32 Å². The molecule has 0 bridgehead atoms. The molecule has 0 saturated heterocycles. The number of hydrogen-bond donors (Lipinski definition) is 2. The largest absolute Gasteiger partial charge is 0.480 e. The van der Waals surface area contributed by atoms with Gasteiger partial charge in [0, 0.05) is 6.42 Å². The van der Waals surface area contributed by atoms with Gasteiger partial charge in [-0.3, -0.25) is 4.79 Å². The average Bonchev–Trinajstić information content (AvgIpc) is 2.38. The second-order valence-electron chi connectivity index (χ2n) is 4.02. The minimum Gasteiger partial charge on any atom is -0.480 e. The fraction of sp³-hybridized carbons (Fsp3) is 0.143. The molecule has 2 rings (SSSR count). The van der Waals surface area contributed by atoms with Crippen LogP contribution in [-0.2, 0) is 16.0 Å². The molecule has 4 nitrogen and oxygen atoms in total.